The van der Waals surface area contributed by atoms with E-state index in [9.17, 15) is 0 Å². The van der Waals surface area contributed by atoms with Gasteiger partial charge in [0.25, 0.3) is 0 Å². The molecule has 0 amide bonds. The van der Waals surface area contributed by atoms with E-state index in [2.05, 4.69) is 6.07 Å². The van der Waals surface area contributed by atoms with Crippen LogP contribution in [0.4, 0.5) is 0 Å². The second-order valence-electron chi connectivity index (χ2n) is 5.24. The number of ether oxygens (including phenoxy) is 2. The summed E-state index contributed by atoms with van der Waals surface area (Å²) >= 11 is 0. The van der Waals surface area contributed by atoms with Gasteiger partial charge in [-0.3, -0.25) is 0 Å². The molecule has 0 aromatic heterocycles. The van der Waals surface area contributed by atoms with E-state index in [1.807, 2.05) is 12.1 Å². The molecule has 0 unspecified atom stereocenters. The maximum atomic E-state index is 9.06. The predicted molar refractivity (Wildman–Crippen MR) is 93.6 cm³/mol. The van der Waals surface area contributed by atoms with Crippen LogP contribution >= 0.6 is 0 Å². The molecule has 0 saturated carbocycles. The van der Waals surface area contributed by atoms with E-state index < -0.39 is 0 Å². The summed E-state index contributed by atoms with van der Waals surface area (Å²) in [5, 5.41) is 26.8. The lowest BCUT2D eigenvalue weighted by atomic mass is 10.1. The van der Waals surface area contributed by atoms with Gasteiger partial charge in [0.1, 0.15) is 35.1 Å². The van der Waals surface area contributed by atoms with Crippen molar-refractivity contribution >= 4 is 0 Å². The highest BCUT2D eigenvalue weighted by Crippen LogP contribution is 2.27. The summed E-state index contributed by atoms with van der Waals surface area (Å²) in [4.78, 5) is 0. The predicted octanol–water partition coefficient (Wildman–Crippen LogP) is 4.89. The fourth-order valence-corrected chi connectivity index (χ4v) is 2.22. The lowest BCUT2D eigenvalue weighted by molar-refractivity contribution is 0.469. The second kappa shape index (κ2) is 7.53. The molecule has 3 rings (SSSR count). The summed E-state index contributed by atoms with van der Waals surface area (Å²) in [5.41, 5.74) is 1.15. The van der Waals surface area contributed by atoms with Crippen molar-refractivity contribution in [1.82, 2.24) is 0 Å². The van der Waals surface area contributed by atoms with Gasteiger partial charge in [-0.2, -0.15) is 15.8 Å². The van der Waals surface area contributed by atoms with Crippen LogP contribution in [0, 0.1) is 34.0 Å². The zero-order valence-corrected chi connectivity index (χ0v) is 13.5. The number of nitriles is 3. The normalized spacial score (nSPS) is 9.42. The maximum absolute atomic E-state index is 9.06. The first-order chi connectivity index (χ1) is 12.7. The molecular formula is C21H11N3O2. The Morgan fingerprint density at radius 2 is 0.962 bits per heavy atom. The van der Waals surface area contributed by atoms with Crippen LogP contribution < -0.4 is 9.47 Å². The third-order valence-electron chi connectivity index (χ3n) is 3.51. The monoisotopic (exact) mass is 337 g/mol. The zero-order valence-electron chi connectivity index (χ0n) is 13.5. The van der Waals surface area contributed by atoms with Crippen molar-refractivity contribution in [3.63, 3.8) is 0 Å². The summed E-state index contributed by atoms with van der Waals surface area (Å²) < 4.78 is 11.4. The molecule has 0 radical (unpaired) electrons. The molecular weight excluding hydrogens is 326 g/mol. The molecule has 3 aromatic carbocycles. The summed E-state index contributed by atoms with van der Waals surface area (Å²) in [6.07, 6.45) is 0. The van der Waals surface area contributed by atoms with Gasteiger partial charge in [0.2, 0.25) is 0 Å². The molecule has 0 aliphatic rings. The van der Waals surface area contributed by atoms with Crippen LogP contribution in [0.1, 0.15) is 16.7 Å². The molecule has 0 saturated heterocycles. The lowest BCUT2D eigenvalue weighted by Crippen LogP contribution is -1.89. The molecule has 5 nitrogen and oxygen atoms in total. The molecule has 3 aromatic rings. The van der Waals surface area contributed by atoms with Crippen molar-refractivity contribution in [1.29, 1.82) is 15.8 Å². The Labute approximate surface area is 150 Å². The van der Waals surface area contributed by atoms with E-state index in [0.717, 1.165) is 0 Å². The van der Waals surface area contributed by atoms with Crippen LogP contribution in [0.25, 0.3) is 0 Å². The van der Waals surface area contributed by atoms with Gasteiger partial charge in [0.15, 0.2) is 0 Å². The molecule has 26 heavy (non-hydrogen) atoms. The van der Waals surface area contributed by atoms with Crippen molar-refractivity contribution in [2.75, 3.05) is 0 Å². The van der Waals surface area contributed by atoms with Crippen molar-refractivity contribution in [3.05, 3.63) is 83.4 Å². The van der Waals surface area contributed by atoms with E-state index in [1.165, 1.54) is 6.07 Å². The van der Waals surface area contributed by atoms with Crippen LogP contribution in [-0.4, -0.2) is 0 Å². The van der Waals surface area contributed by atoms with Gasteiger partial charge in [0, 0.05) is 0 Å². The summed E-state index contributed by atoms with van der Waals surface area (Å²) in [6.45, 7) is 0. The molecule has 0 aliphatic carbocycles. The van der Waals surface area contributed by atoms with Gasteiger partial charge >= 0.3 is 0 Å². The minimum atomic E-state index is 0.269. The quantitative estimate of drug-likeness (QED) is 0.676. The largest absolute Gasteiger partial charge is 0.457 e. The van der Waals surface area contributed by atoms with Crippen LogP contribution in [0.15, 0.2) is 66.7 Å². The third kappa shape index (κ3) is 3.79. The first kappa shape index (κ1) is 16.6. The Morgan fingerprint density at radius 1 is 0.500 bits per heavy atom. The Kier molecular flexibility index (Phi) is 4.80. The van der Waals surface area contributed by atoms with E-state index in [4.69, 9.17) is 25.3 Å². The summed E-state index contributed by atoms with van der Waals surface area (Å²) in [5.74, 6) is 2.30. The molecule has 0 atom stereocenters. The van der Waals surface area contributed by atoms with Gasteiger partial charge in [-0.1, -0.05) is 0 Å². The van der Waals surface area contributed by atoms with Gasteiger partial charge in [-0.05, 0) is 66.7 Å². The first-order valence-electron chi connectivity index (χ1n) is 7.62. The SMILES string of the molecule is N#Cc1ccc(Oc2ccc(Oc3ccc(C#N)c(C#N)c3)cc2)cc1. The zero-order chi connectivity index (χ0) is 18.4. The highest BCUT2D eigenvalue weighted by Gasteiger charge is 2.05. The highest BCUT2D eigenvalue weighted by molar-refractivity contribution is 5.50. The average molecular weight is 337 g/mol. The van der Waals surface area contributed by atoms with Crippen molar-refractivity contribution < 1.29 is 9.47 Å². The van der Waals surface area contributed by atoms with Gasteiger partial charge in [-0.25, -0.2) is 0 Å². The summed E-state index contributed by atoms with van der Waals surface area (Å²) in [7, 11) is 0. The average Bonchev–Trinajstić information content (AvgIpc) is 2.70. The van der Waals surface area contributed by atoms with E-state index >= 15 is 0 Å². The number of nitrogens with zero attached hydrogens (tertiary/aromatic N) is 3. The van der Waals surface area contributed by atoms with Crippen molar-refractivity contribution in [3.8, 4) is 41.2 Å². The Morgan fingerprint density at radius 3 is 1.46 bits per heavy atom. The Hall–Kier alpha value is -4.27. The van der Waals surface area contributed by atoms with Crippen molar-refractivity contribution in [2.24, 2.45) is 0 Å². The Bertz CT molecular complexity index is 1050. The van der Waals surface area contributed by atoms with Crippen LogP contribution in [0.5, 0.6) is 23.0 Å². The number of rotatable bonds is 4. The fourth-order valence-electron chi connectivity index (χ4n) is 2.22. The molecule has 0 heterocycles. The molecule has 5 heteroatoms. The Balaban J connectivity index is 1.71. The lowest BCUT2D eigenvalue weighted by Gasteiger charge is -2.09. The van der Waals surface area contributed by atoms with E-state index in [1.54, 1.807) is 60.7 Å². The van der Waals surface area contributed by atoms with Crippen LogP contribution in [0.3, 0.4) is 0 Å². The molecule has 0 spiro atoms. The minimum absolute atomic E-state index is 0.269. The standard InChI is InChI=1S/C21H11N3O2/c22-12-15-1-4-18(5-2-15)25-19-7-9-20(10-8-19)26-21-6-3-16(13-23)17(11-21)14-24/h1-11H. The van der Waals surface area contributed by atoms with Gasteiger partial charge < -0.3 is 9.47 Å². The third-order valence-corrected chi connectivity index (χ3v) is 3.51. The molecule has 0 aliphatic heterocycles. The van der Waals surface area contributed by atoms with Crippen molar-refractivity contribution in [2.45, 2.75) is 0 Å². The van der Waals surface area contributed by atoms with E-state index in [-0.39, 0.29) is 5.56 Å². The van der Waals surface area contributed by atoms with Gasteiger partial charge in [-0.15, -0.1) is 0 Å². The molecule has 0 N–H and O–H groups in total. The minimum Gasteiger partial charge on any atom is -0.457 e. The maximum Gasteiger partial charge on any atom is 0.128 e. The van der Waals surface area contributed by atoms with Crippen LogP contribution in [-0.2, 0) is 0 Å². The molecule has 122 valence electrons. The topological polar surface area (TPSA) is 89.8 Å². The van der Waals surface area contributed by atoms with E-state index in [0.29, 0.717) is 34.1 Å². The number of hydrogen-bond acceptors (Lipinski definition) is 5. The molecule has 0 bridgehead atoms. The van der Waals surface area contributed by atoms with Gasteiger partial charge in [0.05, 0.1) is 22.8 Å². The smallest absolute Gasteiger partial charge is 0.128 e. The highest BCUT2D eigenvalue weighted by atomic mass is 16.5. The first-order valence-corrected chi connectivity index (χ1v) is 7.62. The summed E-state index contributed by atoms with van der Waals surface area (Å²) in [6, 6.07) is 24.5. The second-order valence-corrected chi connectivity index (χ2v) is 5.24. The fraction of sp³-hybridized carbons (Fsp3) is 0. The molecule has 0 fully saturated rings. The van der Waals surface area contributed by atoms with Crippen LogP contribution in [0.2, 0.25) is 0 Å². The number of hydrogen-bond donors (Lipinski definition) is 0. The number of benzene rings is 3.